The molecule has 0 radical (unpaired) electrons. The first kappa shape index (κ1) is 25.7. The number of rotatable bonds is 7. The minimum Gasteiger partial charge on any atom is -0.483 e. The molecule has 0 saturated heterocycles. The Labute approximate surface area is 212 Å². The molecule has 0 heterocycles. The Morgan fingerprint density at radius 2 is 1.69 bits per heavy atom. The Hall–Kier alpha value is -3.88. The number of carbonyl (C=O) groups is 3. The molecule has 10 heteroatoms. The molecule has 0 bridgehead atoms. The van der Waals surface area contributed by atoms with Crippen LogP contribution in [0.25, 0.3) is 0 Å². The van der Waals surface area contributed by atoms with Gasteiger partial charge in [-0.25, -0.2) is 5.43 Å². The van der Waals surface area contributed by atoms with E-state index in [4.69, 9.17) is 27.9 Å². The summed E-state index contributed by atoms with van der Waals surface area (Å²) in [6.45, 7) is 3.62. The van der Waals surface area contributed by atoms with Gasteiger partial charge in [0.25, 0.3) is 5.91 Å². The number of carbonyl (C=O) groups excluding carboxylic acids is 3. The number of aryl methyl sites for hydroxylation is 2. The van der Waals surface area contributed by atoms with Gasteiger partial charge in [-0.3, -0.25) is 14.4 Å². The number of amides is 3. The van der Waals surface area contributed by atoms with Crippen LogP contribution in [0.15, 0.2) is 65.8 Å². The molecule has 8 nitrogen and oxygen atoms in total. The first-order valence-electron chi connectivity index (χ1n) is 10.4. The summed E-state index contributed by atoms with van der Waals surface area (Å²) in [5, 5.41) is 9.80. The lowest BCUT2D eigenvalue weighted by Gasteiger charge is -2.12. The Balaban J connectivity index is 1.58. The second kappa shape index (κ2) is 12.0. The third kappa shape index (κ3) is 7.84. The summed E-state index contributed by atoms with van der Waals surface area (Å²) >= 11 is 11.9. The van der Waals surface area contributed by atoms with Crippen LogP contribution in [-0.2, 0) is 14.4 Å². The van der Waals surface area contributed by atoms with Gasteiger partial charge in [0, 0.05) is 27.0 Å². The number of hydrogen-bond acceptors (Lipinski definition) is 5. The highest BCUT2D eigenvalue weighted by atomic mass is 35.5. The van der Waals surface area contributed by atoms with E-state index in [1.54, 1.807) is 36.4 Å². The molecule has 0 saturated carbocycles. The Kier molecular flexibility index (Phi) is 8.83. The number of ether oxygens (including phenoxy) is 1. The molecule has 3 aromatic carbocycles. The SMILES string of the molecule is Cc1ccc(NC(=O)COc2ccc(Cl)cc2/C=N\NC(=O)C(=O)Nc2cccc(Cl)c2)c(C)c1. The van der Waals surface area contributed by atoms with E-state index in [0.29, 0.717) is 32.7 Å². The van der Waals surface area contributed by atoms with Gasteiger partial charge in [-0.2, -0.15) is 5.10 Å². The minimum absolute atomic E-state index is 0.260. The van der Waals surface area contributed by atoms with Crippen LogP contribution in [0.4, 0.5) is 11.4 Å². The third-order valence-electron chi connectivity index (χ3n) is 4.65. The fraction of sp³-hybridized carbons (Fsp3) is 0.120. The molecule has 0 atom stereocenters. The van der Waals surface area contributed by atoms with Gasteiger partial charge in [-0.05, 0) is 61.9 Å². The fourth-order valence-corrected chi connectivity index (χ4v) is 3.37. The molecular weight excluding hydrogens is 491 g/mol. The molecule has 0 spiro atoms. The summed E-state index contributed by atoms with van der Waals surface area (Å²) in [5.41, 5.74) is 5.62. The Morgan fingerprint density at radius 3 is 2.43 bits per heavy atom. The molecule has 3 N–H and O–H groups in total. The summed E-state index contributed by atoms with van der Waals surface area (Å²) in [6, 6.07) is 16.8. The molecule has 0 aromatic heterocycles. The molecule has 0 aliphatic carbocycles. The lowest BCUT2D eigenvalue weighted by atomic mass is 10.1. The number of nitrogens with one attached hydrogen (secondary N) is 3. The van der Waals surface area contributed by atoms with Gasteiger partial charge in [-0.15, -0.1) is 0 Å². The Morgan fingerprint density at radius 1 is 0.914 bits per heavy atom. The van der Waals surface area contributed by atoms with E-state index >= 15 is 0 Å². The van der Waals surface area contributed by atoms with Crippen molar-refractivity contribution in [1.82, 2.24) is 5.43 Å². The van der Waals surface area contributed by atoms with Gasteiger partial charge >= 0.3 is 11.8 Å². The van der Waals surface area contributed by atoms with Gasteiger partial charge < -0.3 is 15.4 Å². The van der Waals surface area contributed by atoms with Crippen LogP contribution in [0, 0.1) is 13.8 Å². The number of hydrazone groups is 1. The van der Waals surface area contributed by atoms with Crippen molar-refractivity contribution in [2.75, 3.05) is 17.2 Å². The van der Waals surface area contributed by atoms with Crippen LogP contribution in [0.2, 0.25) is 10.0 Å². The zero-order valence-corrected chi connectivity index (χ0v) is 20.4. The van der Waals surface area contributed by atoms with E-state index in [1.165, 1.54) is 12.3 Å². The van der Waals surface area contributed by atoms with Crippen molar-refractivity contribution in [1.29, 1.82) is 0 Å². The summed E-state index contributed by atoms with van der Waals surface area (Å²) < 4.78 is 5.62. The average Bonchev–Trinajstić information content (AvgIpc) is 2.80. The first-order chi connectivity index (χ1) is 16.7. The number of benzene rings is 3. The lowest BCUT2D eigenvalue weighted by molar-refractivity contribution is -0.136. The monoisotopic (exact) mass is 512 g/mol. The van der Waals surface area contributed by atoms with E-state index in [-0.39, 0.29) is 12.5 Å². The summed E-state index contributed by atoms with van der Waals surface area (Å²) in [7, 11) is 0. The highest BCUT2D eigenvalue weighted by molar-refractivity contribution is 6.39. The number of hydrogen-bond donors (Lipinski definition) is 3. The van der Waals surface area contributed by atoms with Gasteiger partial charge in [0.1, 0.15) is 5.75 Å². The van der Waals surface area contributed by atoms with E-state index in [0.717, 1.165) is 11.1 Å². The second-order valence-electron chi connectivity index (χ2n) is 7.50. The molecule has 0 unspecified atom stereocenters. The first-order valence-corrected chi connectivity index (χ1v) is 11.2. The van der Waals surface area contributed by atoms with Crippen LogP contribution in [0.1, 0.15) is 16.7 Å². The maximum absolute atomic E-state index is 12.3. The van der Waals surface area contributed by atoms with E-state index < -0.39 is 11.8 Å². The van der Waals surface area contributed by atoms with Crippen molar-refractivity contribution in [3.8, 4) is 5.75 Å². The molecule has 3 rings (SSSR count). The van der Waals surface area contributed by atoms with Gasteiger partial charge in [0.2, 0.25) is 0 Å². The summed E-state index contributed by atoms with van der Waals surface area (Å²) in [6.07, 6.45) is 1.26. The van der Waals surface area contributed by atoms with Crippen molar-refractivity contribution in [2.24, 2.45) is 5.10 Å². The minimum atomic E-state index is -0.987. The summed E-state index contributed by atoms with van der Waals surface area (Å²) in [4.78, 5) is 36.4. The lowest BCUT2D eigenvalue weighted by Crippen LogP contribution is -2.32. The third-order valence-corrected chi connectivity index (χ3v) is 5.12. The number of nitrogens with zero attached hydrogens (tertiary/aromatic N) is 1. The molecule has 35 heavy (non-hydrogen) atoms. The van der Waals surface area contributed by atoms with Gasteiger partial charge in [0.05, 0.1) is 6.21 Å². The van der Waals surface area contributed by atoms with Crippen LogP contribution in [-0.4, -0.2) is 30.5 Å². The molecular formula is C25H22Cl2N4O4. The largest absolute Gasteiger partial charge is 0.483 e. The molecule has 0 aliphatic rings. The number of halogens is 2. The van der Waals surface area contributed by atoms with Crippen molar-refractivity contribution in [3.05, 3.63) is 87.4 Å². The molecule has 3 amide bonds. The van der Waals surface area contributed by atoms with Crippen LogP contribution in [0.3, 0.4) is 0 Å². The maximum Gasteiger partial charge on any atom is 0.329 e. The zero-order valence-electron chi connectivity index (χ0n) is 18.9. The van der Waals surface area contributed by atoms with E-state index in [2.05, 4.69) is 21.2 Å². The molecule has 3 aromatic rings. The Bertz CT molecular complexity index is 1290. The zero-order chi connectivity index (χ0) is 25.4. The second-order valence-corrected chi connectivity index (χ2v) is 8.37. The molecule has 0 fully saturated rings. The van der Waals surface area contributed by atoms with E-state index in [1.807, 2.05) is 32.0 Å². The van der Waals surface area contributed by atoms with E-state index in [9.17, 15) is 14.4 Å². The predicted molar refractivity (Wildman–Crippen MR) is 137 cm³/mol. The van der Waals surface area contributed by atoms with Crippen LogP contribution in [0.5, 0.6) is 5.75 Å². The quantitative estimate of drug-likeness (QED) is 0.241. The smallest absolute Gasteiger partial charge is 0.329 e. The van der Waals surface area contributed by atoms with Crippen molar-refractivity contribution in [3.63, 3.8) is 0 Å². The standard InChI is InChI=1S/C25H22Cl2N4O4/c1-15-6-8-21(16(2)10-15)30-23(32)14-35-22-9-7-19(27)11-17(22)13-28-31-25(34)24(33)29-20-5-3-4-18(26)12-20/h3-13H,14H2,1-2H3,(H,29,33)(H,30,32)(H,31,34)/b28-13-. The average molecular weight is 513 g/mol. The highest BCUT2D eigenvalue weighted by Gasteiger charge is 2.13. The maximum atomic E-state index is 12.3. The normalized spacial score (nSPS) is 10.6. The fourth-order valence-electron chi connectivity index (χ4n) is 3.00. The summed E-state index contributed by atoms with van der Waals surface area (Å²) in [5.74, 6) is -1.94. The molecule has 180 valence electrons. The highest BCUT2D eigenvalue weighted by Crippen LogP contribution is 2.22. The topological polar surface area (TPSA) is 109 Å². The van der Waals surface area contributed by atoms with Crippen LogP contribution < -0.4 is 20.8 Å². The number of anilines is 2. The molecule has 0 aliphatic heterocycles. The predicted octanol–water partition coefficient (Wildman–Crippen LogP) is 4.72. The van der Waals surface area contributed by atoms with Gasteiger partial charge in [0.15, 0.2) is 6.61 Å². The van der Waals surface area contributed by atoms with Crippen LogP contribution >= 0.6 is 23.2 Å². The van der Waals surface area contributed by atoms with Crippen molar-refractivity contribution < 1.29 is 19.1 Å². The van der Waals surface area contributed by atoms with Crippen molar-refractivity contribution in [2.45, 2.75) is 13.8 Å². The van der Waals surface area contributed by atoms with Gasteiger partial charge in [-0.1, -0.05) is 47.0 Å². The van der Waals surface area contributed by atoms with Crippen molar-refractivity contribution >= 4 is 58.5 Å².